The molecule has 0 aliphatic carbocycles. The number of anilines is 2. The van der Waals surface area contributed by atoms with Gasteiger partial charge in [0.2, 0.25) is 11.8 Å². The minimum Gasteiger partial charge on any atom is -0.325 e. The molecule has 0 atom stereocenters. The van der Waals surface area contributed by atoms with Crippen molar-refractivity contribution < 1.29 is 9.59 Å². The van der Waals surface area contributed by atoms with Crippen molar-refractivity contribution in [3.63, 3.8) is 0 Å². The van der Waals surface area contributed by atoms with Crippen molar-refractivity contribution in [2.75, 3.05) is 16.4 Å². The third kappa shape index (κ3) is 6.58. The van der Waals surface area contributed by atoms with E-state index in [1.165, 1.54) is 11.8 Å². The van der Waals surface area contributed by atoms with E-state index in [0.29, 0.717) is 38.9 Å². The van der Waals surface area contributed by atoms with Crippen LogP contribution in [0.3, 0.4) is 0 Å². The van der Waals surface area contributed by atoms with E-state index >= 15 is 0 Å². The fourth-order valence-electron chi connectivity index (χ4n) is 2.63. The summed E-state index contributed by atoms with van der Waals surface area (Å²) in [7, 11) is 0. The van der Waals surface area contributed by atoms with Crippen molar-refractivity contribution in [1.82, 2.24) is 14.8 Å². The number of para-hydroxylation sites is 1. The average Bonchev–Trinajstić information content (AvgIpc) is 3.11. The number of hydrogen-bond donors (Lipinski definition) is 2. The first kappa shape index (κ1) is 22.9. The maximum absolute atomic E-state index is 12.4. The highest BCUT2D eigenvalue weighted by Gasteiger charge is 2.17. The summed E-state index contributed by atoms with van der Waals surface area (Å²) in [5, 5.41) is 15.4. The Balaban J connectivity index is 1.62. The van der Waals surface area contributed by atoms with Gasteiger partial charge in [-0.15, -0.1) is 16.8 Å². The third-order valence-corrected chi connectivity index (χ3v) is 5.58. The van der Waals surface area contributed by atoms with Crippen LogP contribution in [-0.2, 0) is 22.6 Å². The Morgan fingerprint density at radius 1 is 1.03 bits per heavy atom. The lowest BCUT2D eigenvalue weighted by molar-refractivity contribution is -0.116. The Hall–Kier alpha value is -2.81. The molecule has 1 aromatic heterocycles. The predicted molar refractivity (Wildman–Crippen MR) is 125 cm³/mol. The summed E-state index contributed by atoms with van der Waals surface area (Å²) in [4.78, 5) is 24.7. The van der Waals surface area contributed by atoms with E-state index in [4.69, 9.17) is 23.2 Å². The van der Waals surface area contributed by atoms with Crippen molar-refractivity contribution in [2.45, 2.75) is 18.1 Å². The molecule has 2 aromatic carbocycles. The molecule has 31 heavy (non-hydrogen) atoms. The molecular weight excluding hydrogens is 457 g/mol. The van der Waals surface area contributed by atoms with Crippen LogP contribution in [0.2, 0.25) is 10.0 Å². The Kier molecular flexibility index (Phi) is 8.11. The normalized spacial score (nSPS) is 10.5. The second kappa shape index (κ2) is 11.0. The molecule has 3 rings (SSSR count). The lowest BCUT2D eigenvalue weighted by Gasteiger charge is -2.09. The molecule has 0 saturated carbocycles. The number of thioether (sulfide) groups is 1. The molecule has 3 aromatic rings. The number of carbonyl (C=O) groups excluding carboxylic acids is 2. The number of amides is 2. The van der Waals surface area contributed by atoms with Crippen LogP contribution in [0, 0.1) is 0 Å². The maximum atomic E-state index is 12.4. The summed E-state index contributed by atoms with van der Waals surface area (Å²) in [5.41, 5.74) is 1.18. The van der Waals surface area contributed by atoms with E-state index in [1.807, 2.05) is 0 Å². The van der Waals surface area contributed by atoms with E-state index in [-0.39, 0.29) is 24.0 Å². The summed E-state index contributed by atoms with van der Waals surface area (Å²) in [6.07, 6.45) is 1.68. The van der Waals surface area contributed by atoms with Crippen LogP contribution in [0.5, 0.6) is 0 Å². The number of nitrogens with zero attached hydrogens (tertiary/aromatic N) is 3. The van der Waals surface area contributed by atoms with E-state index in [0.717, 1.165) is 0 Å². The minimum absolute atomic E-state index is 0.00357. The van der Waals surface area contributed by atoms with Crippen molar-refractivity contribution in [1.29, 1.82) is 0 Å². The smallest absolute Gasteiger partial charge is 0.234 e. The quantitative estimate of drug-likeness (QED) is 0.346. The molecule has 2 N–H and O–H groups in total. The van der Waals surface area contributed by atoms with E-state index in [9.17, 15) is 9.59 Å². The number of allylic oxidation sites excluding steroid dienone is 1. The summed E-state index contributed by atoms with van der Waals surface area (Å²) < 4.78 is 1.75. The summed E-state index contributed by atoms with van der Waals surface area (Å²) in [6, 6.07) is 13.8. The average molecular weight is 476 g/mol. The van der Waals surface area contributed by atoms with Crippen LogP contribution in [0.4, 0.5) is 11.4 Å². The van der Waals surface area contributed by atoms with Gasteiger partial charge >= 0.3 is 0 Å². The van der Waals surface area contributed by atoms with Gasteiger partial charge in [-0.25, -0.2) is 0 Å². The molecule has 0 aliphatic rings. The number of aromatic nitrogens is 3. The predicted octanol–water partition coefficient (Wildman–Crippen LogP) is 4.68. The Morgan fingerprint density at radius 2 is 1.77 bits per heavy atom. The molecule has 0 fully saturated rings. The van der Waals surface area contributed by atoms with Gasteiger partial charge in [0.15, 0.2) is 5.16 Å². The van der Waals surface area contributed by atoms with Crippen LogP contribution >= 0.6 is 35.0 Å². The fraction of sp³-hybridized carbons (Fsp3) is 0.143. The van der Waals surface area contributed by atoms with Crippen LogP contribution < -0.4 is 10.6 Å². The zero-order valence-corrected chi connectivity index (χ0v) is 18.7. The first-order valence-electron chi connectivity index (χ1n) is 9.22. The van der Waals surface area contributed by atoms with E-state index in [1.54, 1.807) is 59.2 Å². The maximum Gasteiger partial charge on any atom is 0.234 e. The molecule has 0 bridgehead atoms. The molecule has 2 amide bonds. The first-order chi connectivity index (χ1) is 15.0. The Labute approximate surface area is 193 Å². The number of benzene rings is 2. The lowest BCUT2D eigenvalue weighted by Crippen LogP contribution is -2.18. The van der Waals surface area contributed by atoms with Gasteiger partial charge in [-0.05, 0) is 36.4 Å². The number of carbonyl (C=O) groups is 2. The van der Waals surface area contributed by atoms with E-state index < -0.39 is 0 Å². The highest BCUT2D eigenvalue weighted by Crippen LogP contribution is 2.22. The van der Waals surface area contributed by atoms with Gasteiger partial charge in [-0.1, -0.05) is 53.2 Å². The van der Waals surface area contributed by atoms with Gasteiger partial charge in [-0.2, -0.15) is 0 Å². The molecular formula is C21H19Cl2N5O2S. The summed E-state index contributed by atoms with van der Waals surface area (Å²) in [6.45, 7) is 4.15. The van der Waals surface area contributed by atoms with Crippen LogP contribution in [0.1, 0.15) is 5.82 Å². The monoisotopic (exact) mass is 475 g/mol. The molecule has 0 spiro atoms. The van der Waals surface area contributed by atoms with Gasteiger partial charge in [0, 0.05) is 17.3 Å². The molecule has 1 heterocycles. The van der Waals surface area contributed by atoms with Crippen molar-refractivity contribution in [3.8, 4) is 0 Å². The zero-order chi connectivity index (χ0) is 22.2. The number of halogens is 2. The van der Waals surface area contributed by atoms with E-state index in [2.05, 4.69) is 27.4 Å². The van der Waals surface area contributed by atoms with Gasteiger partial charge in [-0.3, -0.25) is 9.59 Å². The second-order valence-electron chi connectivity index (χ2n) is 6.35. The van der Waals surface area contributed by atoms with Crippen LogP contribution in [0.25, 0.3) is 0 Å². The minimum atomic E-state index is -0.275. The van der Waals surface area contributed by atoms with Gasteiger partial charge < -0.3 is 15.2 Å². The van der Waals surface area contributed by atoms with Crippen molar-refractivity contribution >= 4 is 58.2 Å². The van der Waals surface area contributed by atoms with Gasteiger partial charge in [0.25, 0.3) is 0 Å². The molecule has 0 radical (unpaired) electrons. The molecule has 0 saturated heterocycles. The lowest BCUT2D eigenvalue weighted by atomic mass is 10.3. The Morgan fingerprint density at radius 3 is 2.48 bits per heavy atom. The SMILES string of the molecule is C=CCn1c(CC(=O)Nc2ccccc2Cl)nnc1SCC(=O)Nc1ccc(Cl)cc1. The van der Waals surface area contributed by atoms with Crippen LogP contribution in [-0.4, -0.2) is 32.3 Å². The summed E-state index contributed by atoms with van der Waals surface area (Å²) in [5.74, 6) is 0.121. The van der Waals surface area contributed by atoms with Gasteiger partial charge in [0.1, 0.15) is 5.82 Å². The van der Waals surface area contributed by atoms with Gasteiger partial charge in [0.05, 0.1) is 22.9 Å². The molecule has 7 nitrogen and oxygen atoms in total. The summed E-state index contributed by atoms with van der Waals surface area (Å²) >= 11 is 13.2. The molecule has 0 aliphatic heterocycles. The topological polar surface area (TPSA) is 88.9 Å². The molecule has 0 unspecified atom stereocenters. The highest BCUT2D eigenvalue weighted by atomic mass is 35.5. The first-order valence-corrected chi connectivity index (χ1v) is 11.0. The second-order valence-corrected chi connectivity index (χ2v) is 8.13. The number of nitrogens with one attached hydrogen (secondary N) is 2. The highest BCUT2D eigenvalue weighted by molar-refractivity contribution is 7.99. The number of hydrogen-bond acceptors (Lipinski definition) is 5. The van der Waals surface area contributed by atoms with Crippen molar-refractivity contribution in [2.24, 2.45) is 0 Å². The van der Waals surface area contributed by atoms with Crippen LogP contribution in [0.15, 0.2) is 66.3 Å². The Bertz CT molecular complexity index is 1090. The number of rotatable bonds is 9. The van der Waals surface area contributed by atoms with Crippen molar-refractivity contribution in [3.05, 3.63) is 77.1 Å². The third-order valence-electron chi connectivity index (χ3n) is 4.03. The largest absolute Gasteiger partial charge is 0.325 e. The zero-order valence-electron chi connectivity index (χ0n) is 16.3. The molecule has 160 valence electrons. The fourth-order valence-corrected chi connectivity index (χ4v) is 3.71. The standard InChI is InChI=1S/C21H19Cl2N5O2S/c1-2-11-28-18(12-19(29)25-17-6-4-3-5-16(17)23)26-27-21(28)31-13-20(30)24-15-9-7-14(22)8-10-15/h2-10H,1,11-13H2,(H,24,30)(H,25,29). The molecule has 10 heteroatoms.